The summed E-state index contributed by atoms with van der Waals surface area (Å²) in [7, 11) is 3.38. The van der Waals surface area contributed by atoms with Crippen LogP contribution >= 0.6 is 11.6 Å². The first kappa shape index (κ1) is 15.9. The third kappa shape index (κ3) is 4.79. The molecule has 1 aliphatic rings. The highest BCUT2D eigenvalue weighted by molar-refractivity contribution is 6.30. The molecule has 1 aromatic rings. The van der Waals surface area contributed by atoms with Gasteiger partial charge in [0.05, 0.1) is 7.11 Å². The average molecular weight is 313 g/mol. The minimum Gasteiger partial charge on any atom is -0.493 e. The predicted molar refractivity (Wildman–Crippen MR) is 82.0 cm³/mol. The van der Waals surface area contributed by atoms with E-state index < -0.39 is 0 Å². The Balaban J connectivity index is 2.00. The number of amides is 1. The van der Waals surface area contributed by atoms with Gasteiger partial charge < -0.3 is 20.1 Å². The summed E-state index contributed by atoms with van der Waals surface area (Å²) in [5.74, 6) is 1.62. The normalized spacial score (nSPS) is 13.9. The van der Waals surface area contributed by atoms with Crippen LogP contribution in [0.1, 0.15) is 18.4 Å². The van der Waals surface area contributed by atoms with Crippen LogP contribution in [-0.4, -0.2) is 33.2 Å². The van der Waals surface area contributed by atoms with Gasteiger partial charge in [-0.1, -0.05) is 11.6 Å². The van der Waals surface area contributed by atoms with E-state index in [-0.39, 0.29) is 12.5 Å². The summed E-state index contributed by atoms with van der Waals surface area (Å²) in [5.41, 5.74) is 0.858. The second-order valence-electron chi connectivity index (χ2n) is 5.16. The van der Waals surface area contributed by atoms with Gasteiger partial charge in [-0.3, -0.25) is 4.79 Å². The maximum Gasteiger partial charge on any atom is 0.257 e. The van der Waals surface area contributed by atoms with Gasteiger partial charge in [-0.2, -0.15) is 0 Å². The summed E-state index contributed by atoms with van der Waals surface area (Å²) in [6, 6.07) is 3.48. The molecule has 0 unspecified atom stereocenters. The van der Waals surface area contributed by atoms with E-state index in [1.165, 1.54) is 12.8 Å². The number of carbonyl (C=O) groups is 1. The van der Waals surface area contributed by atoms with Crippen molar-refractivity contribution < 1.29 is 14.3 Å². The molecule has 0 atom stereocenters. The fraction of sp³-hybridized carbons (Fsp3) is 0.533. The van der Waals surface area contributed by atoms with Crippen LogP contribution in [-0.2, 0) is 11.3 Å². The Hall–Kier alpha value is -1.46. The molecule has 0 aromatic heterocycles. The SMILES string of the molecule is CNCc1cc(Cl)cc(OC)c1OCC(=O)NCC1CC1. The first-order valence-corrected chi connectivity index (χ1v) is 7.42. The third-order valence-electron chi connectivity index (χ3n) is 3.32. The fourth-order valence-corrected chi connectivity index (χ4v) is 2.26. The Morgan fingerprint density at radius 2 is 2.19 bits per heavy atom. The van der Waals surface area contributed by atoms with Crippen molar-refractivity contribution in [3.8, 4) is 11.5 Å². The molecule has 1 amide bonds. The summed E-state index contributed by atoms with van der Waals surface area (Å²) in [6.07, 6.45) is 2.41. The lowest BCUT2D eigenvalue weighted by Gasteiger charge is -2.15. The van der Waals surface area contributed by atoms with E-state index in [0.717, 1.165) is 12.1 Å². The van der Waals surface area contributed by atoms with Crippen molar-refractivity contribution in [1.29, 1.82) is 0 Å². The lowest BCUT2D eigenvalue weighted by atomic mass is 10.2. The van der Waals surface area contributed by atoms with Crippen LogP contribution in [0.3, 0.4) is 0 Å². The van der Waals surface area contributed by atoms with Gasteiger partial charge in [0.2, 0.25) is 0 Å². The number of benzene rings is 1. The third-order valence-corrected chi connectivity index (χ3v) is 3.53. The fourth-order valence-electron chi connectivity index (χ4n) is 2.03. The lowest BCUT2D eigenvalue weighted by molar-refractivity contribution is -0.123. The zero-order chi connectivity index (χ0) is 15.2. The van der Waals surface area contributed by atoms with E-state index in [1.54, 1.807) is 19.2 Å². The Bertz CT molecular complexity index is 504. The van der Waals surface area contributed by atoms with E-state index in [4.69, 9.17) is 21.1 Å². The van der Waals surface area contributed by atoms with E-state index in [1.807, 2.05) is 7.05 Å². The molecule has 5 nitrogen and oxygen atoms in total. The molecule has 2 rings (SSSR count). The van der Waals surface area contributed by atoms with Crippen molar-refractivity contribution in [1.82, 2.24) is 10.6 Å². The number of methoxy groups -OCH3 is 1. The highest BCUT2D eigenvalue weighted by atomic mass is 35.5. The minimum absolute atomic E-state index is 0.0264. The maximum absolute atomic E-state index is 11.8. The average Bonchev–Trinajstić information content (AvgIpc) is 3.28. The molecule has 0 saturated heterocycles. The number of carbonyl (C=O) groups excluding carboxylic acids is 1. The summed E-state index contributed by atoms with van der Waals surface area (Å²) < 4.78 is 10.9. The van der Waals surface area contributed by atoms with E-state index in [0.29, 0.717) is 29.0 Å². The molecule has 116 valence electrons. The molecular weight excluding hydrogens is 292 g/mol. The zero-order valence-corrected chi connectivity index (χ0v) is 13.1. The molecule has 0 spiro atoms. The largest absolute Gasteiger partial charge is 0.493 e. The number of halogens is 1. The van der Waals surface area contributed by atoms with Crippen molar-refractivity contribution in [3.63, 3.8) is 0 Å². The monoisotopic (exact) mass is 312 g/mol. The second-order valence-corrected chi connectivity index (χ2v) is 5.60. The molecule has 0 heterocycles. The molecule has 1 fully saturated rings. The minimum atomic E-state index is -0.116. The lowest BCUT2D eigenvalue weighted by Crippen LogP contribution is -2.30. The quantitative estimate of drug-likeness (QED) is 0.770. The van der Waals surface area contributed by atoms with Gasteiger partial charge in [-0.15, -0.1) is 0 Å². The van der Waals surface area contributed by atoms with Crippen LogP contribution in [0.4, 0.5) is 0 Å². The van der Waals surface area contributed by atoms with Crippen molar-refractivity contribution in [2.75, 3.05) is 27.3 Å². The first-order chi connectivity index (χ1) is 10.1. The van der Waals surface area contributed by atoms with Crippen LogP contribution in [0.5, 0.6) is 11.5 Å². The van der Waals surface area contributed by atoms with Crippen molar-refractivity contribution in [3.05, 3.63) is 22.7 Å². The molecule has 1 aliphatic carbocycles. The van der Waals surface area contributed by atoms with Crippen LogP contribution in [0.25, 0.3) is 0 Å². The van der Waals surface area contributed by atoms with Crippen LogP contribution < -0.4 is 20.1 Å². The molecule has 21 heavy (non-hydrogen) atoms. The molecule has 0 radical (unpaired) electrons. The van der Waals surface area contributed by atoms with Gasteiger partial charge in [0.25, 0.3) is 5.91 Å². The summed E-state index contributed by atoms with van der Waals surface area (Å²) in [6.45, 7) is 1.29. The zero-order valence-electron chi connectivity index (χ0n) is 12.4. The van der Waals surface area contributed by atoms with E-state index in [9.17, 15) is 4.79 Å². The Labute approximate surface area is 130 Å². The molecule has 1 saturated carbocycles. The van der Waals surface area contributed by atoms with Crippen LogP contribution in [0.15, 0.2) is 12.1 Å². The smallest absolute Gasteiger partial charge is 0.257 e. The Morgan fingerprint density at radius 1 is 1.43 bits per heavy atom. The molecular formula is C15H21ClN2O3. The summed E-state index contributed by atoms with van der Waals surface area (Å²) in [5, 5.41) is 6.48. The van der Waals surface area contributed by atoms with Crippen LogP contribution in [0, 0.1) is 5.92 Å². The van der Waals surface area contributed by atoms with Gasteiger partial charge in [-0.05, 0) is 31.9 Å². The standard InChI is InChI=1S/C15H21ClN2O3/c1-17-8-11-5-12(16)6-13(20-2)15(11)21-9-14(19)18-7-10-3-4-10/h5-6,10,17H,3-4,7-9H2,1-2H3,(H,18,19). The van der Waals surface area contributed by atoms with Gasteiger partial charge >= 0.3 is 0 Å². The molecule has 0 bridgehead atoms. The number of ether oxygens (including phenoxy) is 2. The highest BCUT2D eigenvalue weighted by Crippen LogP contribution is 2.34. The van der Waals surface area contributed by atoms with Gasteiger partial charge in [0.1, 0.15) is 0 Å². The number of nitrogens with one attached hydrogen (secondary N) is 2. The number of hydrogen-bond acceptors (Lipinski definition) is 4. The Morgan fingerprint density at radius 3 is 2.81 bits per heavy atom. The molecule has 0 aliphatic heterocycles. The summed E-state index contributed by atoms with van der Waals surface area (Å²) in [4.78, 5) is 11.8. The van der Waals surface area contributed by atoms with Gasteiger partial charge in [-0.25, -0.2) is 0 Å². The van der Waals surface area contributed by atoms with Crippen molar-refractivity contribution in [2.45, 2.75) is 19.4 Å². The van der Waals surface area contributed by atoms with Crippen molar-refractivity contribution >= 4 is 17.5 Å². The number of rotatable bonds is 8. The van der Waals surface area contributed by atoms with Crippen molar-refractivity contribution in [2.24, 2.45) is 5.92 Å². The van der Waals surface area contributed by atoms with E-state index >= 15 is 0 Å². The summed E-state index contributed by atoms with van der Waals surface area (Å²) >= 11 is 6.05. The second kappa shape index (κ2) is 7.52. The molecule has 2 N–H and O–H groups in total. The predicted octanol–water partition coefficient (Wildman–Crippen LogP) is 1.97. The first-order valence-electron chi connectivity index (χ1n) is 7.04. The highest BCUT2D eigenvalue weighted by Gasteiger charge is 2.22. The molecule has 1 aromatic carbocycles. The number of hydrogen-bond donors (Lipinski definition) is 2. The van der Waals surface area contributed by atoms with E-state index in [2.05, 4.69) is 10.6 Å². The van der Waals surface area contributed by atoms with Gasteiger partial charge in [0, 0.05) is 29.7 Å². The van der Waals surface area contributed by atoms with Gasteiger partial charge in [0.15, 0.2) is 18.1 Å². The maximum atomic E-state index is 11.8. The molecule has 6 heteroatoms. The topological polar surface area (TPSA) is 59.6 Å². The Kier molecular flexibility index (Phi) is 5.70. The van der Waals surface area contributed by atoms with Crippen LogP contribution in [0.2, 0.25) is 5.02 Å².